The average Bonchev–Trinajstić information content (AvgIpc) is 2.76. The summed E-state index contributed by atoms with van der Waals surface area (Å²) < 4.78 is 11.6. The molecule has 0 amide bonds. The zero-order valence-corrected chi connectivity index (χ0v) is 18.7. The van der Waals surface area contributed by atoms with Gasteiger partial charge in [-0.3, -0.25) is 4.98 Å². The molecule has 0 radical (unpaired) electrons. The van der Waals surface area contributed by atoms with Crippen molar-refractivity contribution in [2.24, 2.45) is 5.92 Å². The summed E-state index contributed by atoms with van der Waals surface area (Å²) in [5, 5.41) is 0. The molecule has 0 saturated carbocycles. The molecule has 160 valence electrons. The van der Waals surface area contributed by atoms with Crippen LogP contribution in [0.25, 0.3) is 11.3 Å². The highest BCUT2D eigenvalue weighted by Crippen LogP contribution is 2.21. The number of aromatic nitrogens is 1. The smallest absolute Gasteiger partial charge is 0.119 e. The maximum Gasteiger partial charge on any atom is 0.119 e. The van der Waals surface area contributed by atoms with E-state index in [4.69, 9.17) is 9.47 Å². The van der Waals surface area contributed by atoms with Gasteiger partial charge in [0, 0.05) is 18.4 Å². The normalized spacial score (nSPS) is 12.1. The molecule has 3 nitrogen and oxygen atoms in total. The van der Waals surface area contributed by atoms with Crippen LogP contribution in [-0.4, -0.2) is 18.2 Å². The fourth-order valence-corrected chi connectivity index (χ4v) is 3.21. The lowest BCUT2D eigenvalue weighted by molar-refractivity contribution is 0.116. The topological polar surface area (TPSA) is 31.4 Å². The Bertz CT molecular complexity index is 651. The molecule has 1 aromatic carbocycles. The minimum absolute atomic E-state index is 0.642. The van der Waals surface area contributed by atoms with Gasteiger partial charge in [-0.05, 0) is 61.1 Å². The van der Waals surface area contributed by atoms with E-state index in [1.165, 1.54) is 38.5 Å². The molecule has 29 heavy (non-hydrogen) atoms. The highest BCUT2D eigenvalue weighted by Gasteiger charge is 2.03. The molecule has 0 aliphatic heterocycles. The van der Waals surface area contributed by atoms with E-state index in [1.807, 2.05) is 18.3 Å². The number of rotatable bonds is 15. The number of ether oxygens (including phenoxy) is 2. The van der Waals surface area contributed by atoms with Gasteiger partial charge in [0.25, 0.3) is 0 Å². The van der Waals surface area contributed by atoms with Crippen molar-refractivity contribution in [2.45, 2.75) is 78.7 Å². The molecule has 2 rings (SSSR count). The molecule has 1 aromatic heterocycles. The monoisotopic (exact) mass is 397 g/mol. The van der Waals surface area contributed by atoms with Crippen molar-refractivity contribution in [3.63, 3.8) is 0 Å². The summed E-state index contributed by atoms with van der Waals surface area (Å²) in [5.74, 6) is 1.76. The molecule has 1 atom stereocenters. The lowest BCUT2D eigenvalue weighted by atomic mass is 10.0. The van der Waals surface area contributed by atoms with Crippen LogP contribution in [0.2, 0.25) is 0 Å². The standard InChI is InChI=1S/C26H39NO2/c1-4-6-7-9-18-28-21-23-12-17-26(27-20-23)24-13-15-25(16-14-24)29-19-10-8-11-22(3)5-2/h12-17,20,22H,4-11,18-19,21H2,1-3H3. The number of benzene rings is 1. The van der Waals surface area contributed by atoms with Gasteiger partial charge in [0.1, 0.15) is 5.75 Å². The van der Waals surface area contributed by atoms with Crippen molar-refractivity contribution in [3.05, 3.63) is 48.2 Å². The number of hydrogen-bond acceptors (Lipinski definition) is 3. The third kappa shape index (κ3) is 9.45. The minimum atomic E-state index is 0.642. The Labute approximate surface area is 177 Å². The molecule has 2 aromatic rings. The van der Waals surface area contributed by atoms with Gasteiger partial charge in [0.2, 0.25) is 0 Å². The summed E-state index contributed by atoms with van der Waals surface area (Å²) in [5.41, 5.74) is 3.22. The van der Waals surface area contributed by atoms with Gasteiger partial charge in [-0.1, -0.05) is 58.9 Å². The first-order chi connectivity index (χ1) is 14.2. The predicted molar refractivity (Wildman–Crippen MR) is 122 cm³/mol. The van der Waals surface area contributed by atoms with E-state index in [2.05, 4.69) is 50.0 Å². The molecule has 0 bridgehead atoms. The van der Waals surface area contributed by atoms with Crippen LogP contribution in [0, 0.1) is 5.92 Å². The first-order valence-electron chi connectivity index (χ1n) is 11.5. The van der Waals surface area contributed by atoms with Crippen LogP contribution in [0.3, 0.4) is 0 Å². The molecule has 0 aliphatic rings. The zero-order chi connectivity index (χ0) is 20.7. The number of nitrogens with zero attached hydrogens (tertiary/aromatic N) is 1. The Morgan fingerprint density at radius 2 is 1.66 bits per heavy atom. The lowest BCUT2D eigenvalue weighted by Crippen LogP contribution is -1.99. The molecule has 0 saturated heterocycles. The van der Waals surface area contributed by atoms with Crippen molar-refractivity contribution in [3.8, 4) is 17.0 Å². The van der Waals surface area contributed by atoms with E-state index in [0.717, 1.165) is 54.5 Å². The third-order valence-corrected chi connectivity index (χ3v) is 5.44. The molecule has 1 unspecified atom stereocenters. The van der Waals surface area contributed by atoms with Crippen molar-refractivity contribution < 1.29 is 9.47 Å². The van der Waals surface area contributed by atoms with Gasteiger partial charge in [-0.15, -0.1) is 0 Å². The Balaban J connectivity index is 1.70. The average molecular weight is 398 g/mol. The molecule has 0 aliphatic carbocycles. The number of pyridine rings is 1. The van der Waals surface area contributed by atoms with Crippen molar-refractivity contribution in [2.75, 3.05) is 13.2 Å². The summed E-state index contributed by atoms with van der Waals surface area (Å²) >= 11 is 0. The highest BCUT2D eigenvalue weighted by molar-refractivity contribution is 5.60. The van der Waals surface area contributed by atoms with E-state index in [9.17, 15) is 0 Å². The summed E-state index contributed by atoms with van der Waals surface area (Å²) in [6.45, 7) is 9.08. The Kier molecular flexibility index (Phi) is 11.4. The van der Waals surface area contributed by atoms with Crippen LogP contribution in [0.4, 0.5) is 0 Å². The highest BCUT2D eigenvalue weighted by atomic mass is 16.5. The first-order valence-corrected chi connectivity index (χ1v) is 11.5. The number of unbranched alkanes of at least 4 members (excludes halogenated alkanes) is 4. The summed E-state index contributed by atoms with van der Waals surface area (Å²) in [6.07, 6.45) is 11.8. The lowest BCUT2D eigenvalue weighted by Gasteiger charge is -2.10. The fraction of sp³-hybridized carbons (Fsp3) is 0.577. The maximum absolute atomic E-state index is 5.87. The van der Waals surface area contributed by atoms with E-state index < -0.39 is 0 Å². The SMILES string of the molecule is CCCCCCOCc1ccc(-c2ccc(OCCCCC(C)CC)cc2)nc1. The maximum atomic E-state index is 5.87. The van der Waals surface area contributed by atoms with E-state index in [0.29, 0.717) is 6.61 Å². The Hall–Kier alpha value is -1.87. The third-order valence-electron chi connectivity index (χ3n) is 5.44. The van der Waals surface area contributed by atoms with E-state index in [1.54, 1.807) is 0 Å². The summed E-state index contributed by atoms with van der Waals surface area (Å²) in [4.78, 5) is 4.60. The number of hydrogen-bond donors (Lipinski definition) is 0. The Morgan fingerprint density at radius 3 is 2.34 bits per heavy atom. The van der Waals surface area contributed by atoms with Crippen molar-refractivity contribution in [1.82, 2.24) is 4.98 Å². The quantitative estimate of drug-likeness (QED) is 0.293. The second-order valence-electron chi connectivity index (χ2n) is 8.05. The Morgan fingerprint density at radius 1 is 0.862 bits per heavy atom. The van der Waals surface area contributed by atoms with Gasteiger partial charge < -0.3 is 9.47 Å². The van der Waals surface area contributed by atoms with E-state index in [-0.39, 0.29) is 0 Å². The van der Waals surface area contributed by atoms with Gasteiger partial charge in [0.05, 0.1) is 18.9 Å². The molecular formula is C26H39NO2. The van der Waals surface area contributed by atoms with Crippen LogP contribution < -0.4 is 4.74 Å². The van der Waals surface area contributed by atoms with Crippen LogP contribution in [0.5, 0.6) is 5.75 Å². The summed E-state index contributed by atoms with van der Waals surface area (Å²) in [7, 11) is 0. The predicted octanol–water partition coefficient (Wildman–Crippen LogP) is 7.44. The summed E-state index contributed by atoms with van der Waals surface area (Å²) in [6, 6.07) is 12.4. The van der Waals surface area contributed by atoms with Crippen LogP contribution in [-0.2, 0) is 11.3 Å². The van der Waals surface area contributed by atoms with Gasteiger partial charge >= 0.3 is 0 Å². The van der Waals surface area contributed by atoms with Gasteiger partial charge in [-0.2, -0.15) is 0 Å². The molecule has 1 heterocycles. The fourth-order valence-electron chi connectivity index (χ4n) is 3.21. The van der Waals surface area contributed by atoms with Gasteiger partial charge in [0.15, 0.2) is 0 Å². The van der Waals surface area contributed by atoms with Crippen LogP contribution in [0.15, 0.2) is 42.6 Å². The van der Waals surface area contributed by atoms with Crippen LogP contribution in [0.1, 0.15) is 77.7 Å². The molecule has 0 spiro atoms. The molecule has 0 N–H and O–H groups in total. The molecule has 3 heteroatoms. The zero-order valence-electron chi connectivity index (χ0n) is 18.7. The first kappa shape index (κ1) is 23.4. The second-order valence-corrected chi connectivity index (χ2v) is 8.05. The van der Waals surface area contributed by atoms with Crippen molar-refractivity contribution >= 4 is 0 Å². The van der Waals surface area contributed by atoms with E-state index >= 15 is 0 Å². The largest absolute Gasteiger partial charge is 0.494 e. The second kappa shape index (κ2) is 14.2. The van der Waals surface area contributed by atoms with Crippen molar-refractivity contribution in [1.29, 1.82) is 0 Å². The molecule has 0 fully saturated rings. The minimum Gasteiger partial charge on any atom is -0.494 e. The molecular weight excluding hydrogens is 358 g/mol. The van der Waals surface area contributed by atoms with Gasteiger partial charge in [-0.25, -0.2) is 0 Å². The van der Waals surface area contributed by atoms with Crippen LogP contribution >= 0.6 is 0 Å².